The molecule has 6 N–H and O–H groups in total. The maximum atomic E-state index is 13.4. The molecule has 0 radical (unpaired) electrons. The molecule has 1 saturated carbocycles. The predicted molar refractivity (Wildman–Crippen MR) is 173 cm³/mol. The van der Waals surface area contributed by atoms with Gasteiger partial charge in [-0.25, -0.2) is 19.7 Å². The summed E-state index contributed by atoms with van der Waals surface area (Å²) in [5.74, 6) is -0.906. The molecule has 3 aliphatic rings. The molecule has 18 heteroatoms. The van der Waals surface area contributed by atoms with Crippen molar-refractivity contribution in [3.05, 3.63) is 45.7 Å². The number of carboxylic acid groups (broad SMARTS) is 1. The fraction of sp³-hybridized carbons (Fsp3) is 0.423. The standard InChI is InChI=1S/C26H29ClN8O5S4/c27-20-16(33-25(29)44-20)17(34-40-14-5-1-2-6-14)21(36)32-18-22(37)35-19(24(38)39)13(12-43-23(18)35)4-3-10-41-15-7-9-30-26(31-15)42-11-8-28/h3-4,7,9,14,18,23H,1-2,5-6,8,10-12,28H2,(H2,29,33)(H,32,36)(H,38,39)/b4-3+,34-17?. The van der Waals surface area contributed by atoms with Crippen LogP contribution in [0.2, 0.25) is 4.34 Å². The first-order valence-corrected chi connectivity index (χ1v) is 17.8. The van der Waals surface area contributed by atoms with Gasteiger partial charge in [-0.1, -0.05) is 52.0 Å². The number of hydrogen-bond acceptors (Lipinski definition) is 14. The van der Waals surface area contributed by atoms with Crippen LogP contribution < -0.4 is 16.8 Å². The van der Waals surface area contributed by atoms with Gasteiger partial charge in [0.15, 0.2) is 16.0 Å². The second-order valence-corrected chi connectivity index (χ2v) is 14.5. The van der Waals surface area contributed by atoms with Gasteiger partial charge in [0.2, 0.25) is 0 Å². The average Bonchev–Trinajstić information content (AvgIpc) is 3.65. The van der Waals surface area contributed by atoms with E-state index in [2.05, 4.69) is 25.4 Å². The van der Waals surface area contributed by atoms with E-state index in [1.807, 2.05) is 6.08 Å². The summed E-state index contributed by atoms with van der Waals surface area (Å²) in [4.78, 5) is 58.5. The van der Waals surface area contributed by atoms with Gasteiger partial charge in [0.25, 0.3) is 11.8 Å². The lowest BCUT2D eigenvalue weighted by Crippen LogP contribution is -2.71. The smallest absolute Gasteiger partial charge is 0.352 e. The van der Waals surface area contributed by atoms with Crippen molar-refractivity contribution in [3.8, 4) is 0 Å². The molecular formula is C26H29ClN8O5S4. The van der Waals surface area contributed by atoms with Crippen LogP contribution in [0.3, 0.4) is 0 Å². The van der Waals surface area contributed by atoms with E-state index in [4.69, 9.17) is 27.9 Å². The zero-order chi connectivity index (χ0) is 31.2. The number of fused-ring (bicyclic) bond motifs is 1. The summed E-state index contributed by atoms with van der Waals surface area (Å²) in [7, 11) is 0. The number of nitrogen functional groups attached to an aromatic ring is 1. The number of rotatable bonds is 13. The number of nitrogens with one attached hydrogen (secondary N) is 1. The van der Waals surface area contributed by atoms with E-state index in [1.54, 1.807) is 18.3 Å². The van der Waals surface area contributed by atoms with Crippen LogP contribution in [0.1, 0.15) is 31.4 Å². The number of amides is 2. The fourth-order valence-corrected chi connectivity index (χ4v) is 8.28. The van der Waals surface area contributed by atoms with Gasteiger partial charge >= 0.3 is 5.97 Å². The van der Waals surface area contributed by atoms with Gasteiger partial charge in [0.05, 0.1) is 0 Å². The molecule has 2 unspecified atom stereocenters. The van der Waals surface area contributed by atoms with Crippen molar-refractivity contribution in [2.75, 3.05) is 29.5 Å². The number of thiazole rings is 1. The first kappa shape index (κ1) is 32.6. The summed E-state index contributed by atoms with van der Waals surface area (Å²) < 4.78 is 0.163. The number of aromatic nitrogens is 3. The third-order valence-corrected chi connectivity index (χ3v) is 10.9. The van der Waals surface area contributed by atoms with E-state index < -0.39 is 29.2 Å². The van der Waals surface area contributed by atoms with Crippen LogP contribution in [-0.2, 0) is 19.2 Å². The molecule has 1 saturated heterocycles. The number of carbonyl (C=O) groups is 3. The molecule has 44 heavy (non-hydrogen) atoms. The molecule has 0 aromatic carbocycles. The SMILES string of the molecule is NCCSc1nccc(SC/C=C/C2=C(C(=O)O)N3C(=O)C(NC(=O)C(=NOC4CCCC4)c4nc(N)sc4Cl)C3SC2)n1. The summed E-state index contributed by atoms with van der Waals surface area (Å²) in [5.41, 5.74) is 11.6. The van der Waals surface area contributed by atoms with Crippen molar-refractivity contribution < 1.29 is 24.3 Å². The summed E-state index contributed by atoms with van der Waals surface area (Å²) in [6.07, 6.45) is 8.74. The molecular weight excluding hydrogens is 668 g/mol. The number of aliphatic carboxylic acids is 1. The van der Waals surface area contributed by atoms with Crippen LogP contribution in [0.5, 0.6) is 0 Å². The van der Waals surface area contributed by atoms with Crippen molar-refractivity contribution >= 4 is 86.9 Å². The van der Waals surface area contributed by atoms with E-state index in [9.17, 15) is 19.5 Å². The van der Waals surface area contributed by atoms with E-state index in [1.165, 1.54) is 40.2 Å². The van der Waals surface area contributed by atoms with Crippen molar-refractivity contribution in [2.45, 2.75) is 53.4 Å². The van der Waals surface area contributed by atoms with Crippen LogP contribution in [-0.4, -0.2) is 89.8 Å². The molecule has 2 aromatic heterocycles. The maximum absolute atomic E-state index is 13.4. The molecule has 4 heterocycles. The second-order valence-electron chi connectivity index (χ2n) is 9.69. The lowest BCUT2D eigenvalue weighted by Gasteiger charge is -2.49. The molecule has 0 spiro atoms. The van der Waals surface area contributed by atoms with Gasteiger partial charge in [-0.15, -0.1) is 23.5 Å². The van der Waals surface area contributed by atoms with Crippen molar-refractivity contribution in [3.63, 3.8) is 0 Å². The minimum atomic E-state index is -1.23. The molecule has 5 rings (SSSR count). The Morgan fingerprint density at radius 3 is 2.80 bits per heavy atom. The number of halogens is 1. The second kappa shape index (κ2) is 15.0. The highest BCUT2D eigenvalue weighted by Crippen LogP contribution is 2.41. The Hall–Kier alpha value is -2.83. The van der Waals surface area contributed by atoms with E-state index >= 15 is 0 Å². The zero-order valence-electron chi connectivity index (χ0n) is 23.2. The van der Waals surface area contributed by atoms with Crippen LogP contribution in [0.15, 0.2) is 51.0 Å². The minimum absolute atomic E-state index is 0.0634. The number of thioether (sulfide) groups is 3. The average molecular weight is 697 g/mol. The minimum Gasteiger partial charge on any atom is -0.477 e. The fourth-order valence-electron chi connectivity index (χ4n) is 4.71. The number of carbonyl (C=O) groups excluding carboxylic acids is 2. The number of oxime groups is 1. The highest BCUT2D eigenvalue weighted by molar-refractivity contribution is 8.00. The van der Waals surface area contributed by atoms with Gasteiger partial charge in [-0.05, 0) is 37.3 Å². The van der Waals surface area contributed by atoms with Gasteiger partial charge in [-0.3, -0.25) is 14.5 Å². The number of anilines is 1. The number of carboxylic acids is 1. The Bertz CT molecular complexity index is 1510. The summed E-state index contributed by atoms with van der Waals surface area (Å²) in [6, 6.07) is 0.827. The molecule has 234 valence electrons. The topological polar surface area (TPSA) is 199 Å². The highest BCUT2D eigenvalue weighted by atomic mass is 35.5. The Morgan fingerprint density at radius 1 is 1.30 bits per heavy atom. The van der Waals surface area contributed by atoms with Gasteiger partial charge in [0, 0.05) is 30.0 Å². The zero-order valence-corrected chi connectivity index (χ0v) is 27.2. The van der Waals surface area contributed by atoms with Crippen LogP contribution in [0.25, 0.3) is 0 Å². The van der Waals surface area contributed by atoms with E-state index in [0.717, 1.165) is 47.8 Å². The number of nitrogens with two attached hydrogens (primary N) is 2. The first-order chi connectivity index (χ1) is 21.3. The monoisotopic (exact) mass is 696 g/mol. The molecule has 13 nitrogen and oxygen atoms in total. The Morgan fingerprint density at radius 2 is 2.09 bits per heavy atom. The largest absolute Gasteiger partial charge is 0.477 e. The lowest BCUT2D eigenvalue weighted by atomic mass is 10.0. The molecule has 0 bridgehead atoms. The Labute approximate surface area is 274 Å². The molecule has 2 fully saturated rings. The van der Waals surface area contributed by atoms with Crippen molar-refractivity contribution in [1.29, 1.82) is 0 Å². The number of allylic oxidation sites excluding steroid dienone is 1. The van der Waals surface area contributed by atoms with Gasteiger partial charge in [-0.2, -0.15) is 0 Å². The third-order valence-electron chi connectivity index (χ3n) is 6.73. The van der Waals surface area contributed by atoms with Gasteiger partial charge < -0.3 is 26.7 Å². The van der Waals surface area contributed by atoms with Crippen LogP contribution in [0.4, 0.5) is 5.13 Å². The van der Waals surface area contributed by atoms with Crippen LogP contribution >= 0.6 is 58.2 Å². The predicted octanol–water partition coefficient (Wildman–Crippen LogP) is 2.97. The quantitative estimate of drug-likeness (QED) is 0.0596. The number of nitrogens with zero attached hydrogens (tertiary/aromatic N) is 5. The highest BCUT2D eigenvalue weighted by Gasteiger charge is 2.54. The van der Waals surface area contributed by atoms with E-state index in [0.29, 0.717) is 28.8 Å². The third kappa shape index (κ3) is 7.51. The van der Waals surface area contributed by atoms with Crippen LogP contribution in [0, 0.1) is 0 Å². The van der Waals surface area contributed by atoms with Crippen molar-refractivity contribution in [1.82, 2.24) is 25.2 Å². The first-order valence-electron chi connectivity index (χ1n) is 13.6. The van der Waals surface area contributed by atoms with Gasteiger partial charge in [0.1, 0.15) is 38.3 Å². The summed E-state index contributed by atoms with van der Waals surface area (Å²) in [5, 5.41) is 17.7. The van der Waals surface area contributed by atoms with Crippen molar-refractivity contribution in [2.24, 2.45) is 10.9 Å². The molecule has 2 aromatic rings. The van der Waals surface area contributed by atoms with E-state index in [-0.39, 0.29) is 32.7 Å². The molecule has 2 amide bonds. The normalized spacial score (nSPS) is 20.6. The number of β-lactam (4-membered cyclic amide) rings is 1. The molecule has 2 aliphatic heterocycles. The summed E-state index contributed by atoms with van der Waals surface area (Å²) >= 11 is 11.6. The molecule has 2 atom stereocenters. The Balaban J connectivity index is 1.25. The summed E-state index contributed by atoms with van der Waals surface area (Å²) in [6.45, 7) is 0.530. The molecule has 1 aliphatic carbocycles. The number of hydrogen-bond donors (Lipinski definition) is 4. The lowest BCUT2D eigenvalue weighted by molar-refractivity contribution is -0.150. The maximum Gasteiger partial charge on any atom is 0.352 e. The Kier molecular flexibility index (Phi) is 11.1.